The molecule has 0 aliphatic carbocycles. The standard InChI is InChI=1S/C17H14Cl2N2O4/c1-10(22)25-15-6-3-11(7-16(15)24-2)9-20-21-17(23)13-5-4-12(18)8-14(13)19/h3-9H,1-2H3,(H,21,23)/b20-9-. The number of hydrogen-bond donors (Lipinski definition) is 1. The molecule has 0 spiro atoms. The van der Waals surface area contributed by atoms with Gasteiger partial charge in [0.1, 0.15) is 0 Å². The van der Waals surface area contributed by atoms with Crippen molar-refractivity contribution in [3.63, 3.8) is 0 Å². The number of halogens is 2. The second kappa shape index (κ2) is 8.50. The first-order valence-electron chi connectivity index (χ1n) is 7.05. The van der Waals surface area contributed by atoms with Crippen molar-refractivity contribution in [1.82, 2.24) is 5.43 Å². The summed E-state index contributed by atoms with van der Waals surface area (Å²) in [5.74, 6) is -0.261. The van der Waals surface area contributed by atoms with Gasteiger partial charge in [-0.3, -0.25) is 9.59 Å². The Labute approximate surface area is 154 Å². The highest BCUT2D eigenvalue weighted by Gasteiger charge is 2.10. The van der Waals surface area contributed by atoms with Crippen LogP contribution < -0.4 is 14.9 Å². The van der Waals surface area contributed by atoms with Gasteiger partial charge in [-0.1, -0.05) is 23.2 Å². The van der Waals surface area contributed by atoms with Gasteiger partial charge in [-0.25, -0.2) is 5.43 Å². The van der Waals surface area contributed by atoms with Gasteiger partial charge in [0.2, 0.25) is 0 Å². The van der Waals surface area contributed by atoms with Gasteiger partial charge in [-0.2, -0.15) is 5.10 Å². The Balaban J connectivity index is 2.08. The molecule has 130 valence electrons. The number of ether oxygens (including phenoxy) is 2. The second-order valence-electron chi connectivity index (χ2n) is 4.83. The minimum absolute atomic E-state index is 0.229. The smallest absolute Gasteiger partial charge is 0.308 e. The third kappa shape index (κ3) is 5.20. The minimum atomic E-state index is -0.471. The van der Waals surface area contributed by atoms with E-state index in [1.165, 1.54) is 32.4 Å². The first-order valence-corrected chi connectivity index (χ1v) is 7.81. The highest BCUT2D eigenvalue weighted by atomic mass is 35.5. The van der Waals surface area contributed by atoms with E-state index >= 15 is 0 Å². The molecule has 0 fully saturated rings. The Bertz CT molecular complexity index is 837. The summed E-state index contributed by atoms with van der Waals surface area (Å²) in [4.78, 5) is 23.1. The number of amides is 1. The second-order valence-corrected chi connectivity index (χ2v) is 5.67. The summed E-state index contributed by atoms with van der Waals surface area (Å²) in [5.41, 5.74) is 3.26. The molecule has 0 aliphatic heterocycles. The zero-order chi connectivity index (χ0) is 18.4. The Kier molecular flexibility index (Phi) is 6.38. The van der Waals surface area contributed by atoms with Crippen LogP contribution in [-0.4, -0.2) is 25.2 Å². The van der Waals surface area contributed by atoms with Gasteiger partial charge in [0.15, 0.2) is 11.5 Å². The first-order chi connectivity index (χ1) is 11.9. The lowest BCUT2D eigenvalue weighted by atomic mass is 10.2. The number of nitrogens with zero attached hydrogens (tertiary/aromatic N) is 1. The molecule has 1 amide bonds. The minimum Gasteiger partial charge on any atom is -0.493 e. The van der Waals surface area contributed by atoms with Crippen LogP contribution in [0.5, 0.6) is 11.5 Å². The number of hydrazone groups is 1. The molecule has 2 rings (SSSR count). The molecule has 6 nitrogen and oxygen atoms in total. The lowest BCUT2D eigenvalue weighted by molar-refractivity contribution is -0.132. The summed E-state index contributed by atoms with van der Waals surface area (Å²) in [6.45, 7) is 1.30. The summed E-state index contributed by atoms with van der Waals surface area (Å²) >= 11 is 11.8. The van der Waals surface area contributed by atoms with Crippen LogP contribution >= 0.6 is 23.2 Å². The zero-order valence-corrected chi connectivity index (χ0v) is 14.9. The van der Waals surface area contributed by atoms with Crippen molar-refractivity contribution < 1.29 is 19.1 Å². The summed E-state index contributed by atoms with van der Waals surface area (Å²) in [6, 6.07) is 9.38. The topological polar surface area (TPSA) is 77.0 Å². The monoisotopic (exact) mass is 380 g/mol. The van der Waals surface area contributed by atoms with E-state index in [-0.39, 0.29) is 10.6 Å². The zero-order valence-electron chi connectivity index (χ0n) is 13.4. The van der Waals surface area contributed by atoms with E-state index in [0.717, 1.165) is 0 Å². The van der Waals surface area contributed by atoms with Gasteiger partial charge in [0, 0.05) is 11.9 Å². The van der Waals surface area contributed by atoms with Gasteiger partial charge in [-0.15, -0.1) is 0 Å². The van der Waals surface area contributed by atoms with E-state index in [1.54, 1.807) is 24.3 Å². The molecule has 0 aromatic heterocycles. The van der Waals surface area contributed by atoms with Gasteiger partial charge in [0.05, 0.1) is 23.9 Å². The summed E-state index contributed by atoms with van der Waals surface area (Å²) in [5, 5.41) is 4.53. The molecule has 2 aromatic carbocycles. The molecule has 1 N–H and O–H groups in total. The largest absolute Gasteiger partial charge is 0.493 e. The fraction of sp³-hybridized carbons (Fsp3) is 0.118. The maximum absolute atomic E-state index is 12.0. The molecule has 0 radical (unpaired) electrons. The Hall–Kier alpha value is -2.57. The van der Waals surface area contributed by atoms with Crippen molar-refractivity contribution >= 4 is 41.3 Å². The molecule has 0 aliphatic rings. The SMILES string of the molecule is COc1cc(/C=N\NC(=O)c2ccc(Cl)cc2Cl)ccc1OC(C)=O. The van der Waals surface area contributed by atoms with Crippen LogP contribution in [0.25, 0.3) is 0 Å². The van der Waals surface area contributed by atoms with E-state index < -0.39 is 11.9 Å². The van der Waals surface area contributed by atoms with Crippen LogP contribution in [0.1, 0.15) is 22.8 Å². The van der Waals surface area contributed by atoms with Gasteiger partial charge >= 0.3 is 5.97 Å². The molecule has 0 atom stereocenters. The van der Waals surface area contributed by atoms with Crippen LogP contribution in [0.4, 0.5) is 0 Å². The maximum atomic E-state index is 12.0. The highest BCUT2D eigenvalue weighted by Crippen LogP contribution is 2.27. The Morgan fingerprint density at radius 3 is 2.52 bits per heavy atom. The maximum Gasteiger partial charge on any atom is 0.308 e. The summed E-state index contributed by atoms with van der Waals surface area (Å²) in [6.07, 6.45) is 1.42. The number of methoxy groups -OCH3 is 1. The van der Waals surface area contributed by atoms with E-state index in [0.29, 0.717) is 22.1 Å². The lowest BCUT2D eigenvalue weighted by Crippen LogP contribution is -2.18. The number of esters is 1. The third-order valence-corrected chi connectivity index (χ3v) is 3.54. The van der Waals surface area contributed by atoms with Crippen LogP contribution in [0.2, 0.25) is 10.0 Å². The average molecular weight is 381 g/mol. The molecule has 0 saturated carbocycles. The number of nitrogens with one attached hydrogen (secondary N) is 1. The average Bonchev–Trinajstić information content (AvgIpc) is 2.55. The third-order valence-electron chi connectivity index (χ3n) is 3.00. The van der Waals surface area contributed by atoms with Crippen LogP contribution in [0.15, 0.2) is 41.5 Å². The molecule has 8 heteroatoms. The van der Waals surface area contributed by atoms with Crippen molar-refractivity contribution in [3.8, 4) is 11.5 Å². The molecule has 0 heterocycles. The Morgan fingerprint density at radius 1 is 1.12 bits per heavy atom. The van der Waals surface area contributed by atoms with Crippen LogP contribution in [0, 0.1) is 0 Å². The predicted molar refractivity (Wildman–Crippen MR) is 95.8 cm³/mol. The number of rotatable bonds is 5. The molecular formula is C17H14Cl2N2O4. The highest BCUT2D eigenvalue weighted by molar-refractivity contribution is 6.36. The number of benzene rings is 2. The van der Waals surface area contributed by atoms with E-state index in [9.17, 15) is 9.59 Å². The van der Waals surface area contributed by atoms with Crippen molar-refractivity contribution in [2.45, 2.75) is 6.92 Å². The van der Waals surface area contributed by atoms with Crippen LogP contribution in [0.3, 0.4) is 0 Å². The van der Waals surface area contributed by atoms with Crippen molar-refractivity contribution in [2.75, 3.05) is 7.11 Å². The fourth-order valence-corrected chi connectivity index (χ4v) is 2.40. The lowest BCUT2D eigenvalue weighted by Gasteiger charge is -2.08. The van der Waals surface area contributed by atoms with E-state index in [4.69, 9.17) is 32.7 Å². The first kappa shape index (κ1) is 18.8. The van der Waals surface area contributed by atoms with Crippen LogP contribution in [-0.2, 0) is 4.79 Å². The fourth-order valence-electron chi connectivity index (χ4n) is 1.90. The number of hydrogen-bond acceptors (Lipinski definition) is 5. The number of carbonyl (C=O) groups excluding carboxylic acids is 2. The molecule has 0 bridgehead atoms. The van der Waals surface area contributed by atoms with Crippen molar-refractivity contribution in [1.29, 1.82) is 0 Å². The molecule has 2 aromatic rings. The van der Waals surface area contributed by atoms with Crippen molar-refractivity contribution in [3.05, 3.63) is 57.6 Å². The van der Waals surface area contributed by atoms with Gasteiger partial charge < -0.3 is 9.47 Å². The van der Waals surface area contributed by atoms with Gasteiger partial charge in [0.25, 0.3) is 5.91 Å². The molecule has 0 unspecified atom stereocenters. The molecule has 0 saturated heterocycles. The normalized spacial score (nSPS) is 10.6. The Morgan fingerprint density at radius 2 is 1.88 bits per heavy atom. The quantitative estimate of drug-likeness (QED) is 0.371. The summed E-state index contributed by atoms with van der Waals surface area (Å²) < 4.78 is 10.2. The van der Waals surface area contributed by atoms with Crippen molar-refractivity contribution in [2.24, 2.45) is 5.10 Å². The summed E-state index contributed by atoms with van der Waals surface area (Å²) in [7, 11) is 1.45. The van der Waals surface area contributed by atoms with E-state index in [1.807, 2.05) is 0 Å². The predicted octanol–water partition coefficient (Wildman–Crippen LogP) is 3.69. The number of carbonyl (C=O) groups is 2. The van der Waals surface area contributed by atoms with Gasteiger partial charge in [-0.05, 0) is 42.0 Å². The molecule has 25 heavy (non-hydrogen) atoms. The van der Waals surface area contributed by atoms with E-state index in [2.05, 4.69) is 10.5 Å². The molecular weight excluding hydrogens is 367 g/mol.